The first-order valence-electron chi connectivity index (χ1n) is 6.78. The van der Waals surface area contributed by atoms with E-state index >= 15 is 0 Å². The number of nitrogens with one attached hydrogen (secondary N) is 1. The minimum Gasteiger partial charge on any atom is -0.505 e. The lowest BCUT2D eigenvalue weighted by Crippen LogP contribution is -2.47. The summed E-state index contributed by atoms with van der Waals surface area (Å²) in [5.74, 6) is -1.42. The topological polar surface area (TPSA) is 88.5 Å². The maximum absolute atomic E-state index is 12.1. The van der Waals surface area contributed by atoms with Crippen molar-refractivity contribution in [3.8, 4) is 5.75 Å². The quantitative estimate of drug-likeness (QED) is 0.828. The lowest BCUT2D eigenvalue weighted by Gasteiger charge is -2.26. The first-order chi connectivity index (χ1) is 9.61. The van der Waals surface area contributed by atoms with Gasteiger partial charge in [-0.05, 0) is 32.8 Å². The minimum absolute atomic E-state index is 0.0687. The van der Waals surface area contributed by atoms with Crippen molar-refractivity contribution in [3.05, 3.63) is 24.0 Å². The molecular formula is C15H22N2O4. The predicted octanol–water partition coefficient (Wildman–Crippen LogP) is 1.88. The molecular weight excluding hydrogens is 272 g/mol. The Bertz CT molecular complexity index is 521. The Labute approximate surface area is 124 Å². The van der Waals surface area contributed by atoms with Crippen molar-refractivity contribution in [2.45, 2.75) is 46.3 Å². The smallest absolute Gasteiger partial charge is 0.329 e. The molecule has 0 unspecified atom stereocenters. The second-order valence-corrected chi connectivity index (χ2v) is 6.12. The summed E-state index contributed by atoms with van der Waals surface area (Å²) < 4.78 is 5.30. The van der Waals surface area contributed by atoms with E-state index in [0.717, 1.165) is 0 Å². The first kappa shape index (κ1) is 16.9. The van der Waals surface area contributed by atoms with Gasteiger partial charge >= 0.3 is 5.97 Å². The van der Waals surface area contributed by atoms with Gasteiger partial charge in [-0.2, -0.15) is 0 Å². The summed E-state index contributed by atoms with van der Waals surface area (Å²) in [6.45, 7) is 8.90. The molecule has 1 heterocycles. The molecule has 0 saturated carbocycles. The number of pyridine rings is 1. The number of nitrogens with zero attached hydrogens (tertiary/aromatic N) is 1. The summed E-state index contributed by atoms with van der Waals surface area (Å²) in [6, 6.07) is 0.598. The number of carbonyl (C=O) groups is 2. The van der Waals surface area contributed by atoms with Gasteiger partial charge in [-0.1, -0.05) is 13.8 Å². The van der Waals surface area contributed by atoms with Crippen molar-refractivity contribution in [1.82, 2.24) is 10.3 Å². The van der Waals surface area contributed by atoms with E-state index in [1.54, 1.807) is 34.6 Å². The van der Waals surface area contributed by atoms with Crippen LogP contribution in [0.25, 0.3) is 0 Å². The maximum Gasteiger partial charge on any atom is 0.329 e. The SMILES string of the molecule is CC(C)[C@H](NC(=O)c1ccncc1O)C(=O)OC(C)(C)C. The Morgan fingerprint density at radius 1 is 1.33 bits per heavy atom. The zero-order chi connectivity index (χ0) is 16.2. The average Bonchev–Trinajstić information content (AvgIpc) is 2.33. The Balaban J connectivity index is 2.87. The lowest BCUT2D eigenvalue weighted by molar-refractivity contribution is -0.158. The average molecular weight is 294 g/mol. The highest BCUT2D eigenvalue weighted by Crippen LogP contribution is 2.16. The highest BCUT2D eigenvalue weighted by molar-refractivity contribution is 5.98. The molecule has 1 amide bonds. The van der Waals surface area contributed by atoms with Gasteiger partial charge in [0, 0.05) is 6.20 Å². The van der Waals surface area contributed by atoms with Crippen LogP contribution in [0.2, 0.25) is 0 Å². The van der Waals surface area contributed by atoms with Crippen LogP contribution in [0, 0.1) is 5.92 Å². The van der Waals surface area contributed by atoms with Crippen molar-refractivity contribution in [1.29, 1.82) is 0 Å². The summed E-state index contributed by atoms with van der Waals surface area (Å²) in [4.78, 5) is 28.0. The number of ether oxygens (including phenoxy) is 1. The van der Waals surface area contributed by atoms with Gasteiger partial charge in [0.1, 0.15) is 17.4 Å². The van der Waals surface area contributed by atoms with Gasteiger partial charge in [-0.3, -0.25) is 9.78 Å². The van der Waals surface area contributed by atoms with Crippen LogP contribution in [0.1, 0.15) is 45.0 Å². The molecule has 1 atom stereocenters. The molecule has 1 rings (SSSR count). The van der Waals surface area contributed by atoms with Crippen LogP contribution in [0.4, 0.5) is 0 Å². The zero-order valence-corrected chi connectivity index (χ0v) is 13.0. The van der Waals surface area contributed by atoms with Crippen LogP contribution < -0.4 is 5.32 Å². The summed E-state index contributed by atoms with van der Waals surface area (Å²) >= 11 is 0. The van der Waals surface area contributed by atoms with E-state index in [-0.39, 0.29) is 17.2 Å². The van der Waals surface area contributed by atoms with E-state index in [1.165, 1.54) is 18.5 Å². The van der Waals surface area contributed by atoms with E-state index in [2.05, 4.69) is 10.3 Å². The molecule has 6 heteroatoms. The van der Waals surface area contributed by atoms with E-state index in [9.17, 15) is 14.7 Å². The third-order valence-electron chi connectivity index (χ3n) is 2.66. The van der Waals surface area contributed by atoms with Crippen LogP contribution in [0.5, 0.6) is 5.75 Å². The second-order valence-electron chi connectivity index (χ2n) is 6.12. The largest absolute Gasteiger partial charge is 0.505 e. The number of carbonyl (C=O) groups excluding carboxylic acids is 2. The normalized spacial score (nSPS) is 12.9. The van der Waals surface area contributed by atoms with Crippen LogP contribution in [0.15, 0.2) is 18.5 Å². The number of esters is 1. The predicted molar refractivity (Wildman–Crippen MR) is 77.8 cm³/mol. The molecule has 116 valence electrons. The number of hydrogen-bond donors (Lipinski definition) is 2. The molecule has 0 aliphatic heterocycles. The molecule has 2 N–H and O–H groups in total. The fourth-order valence-corrected chi connectivity index (χ4v) is 1.66. The summed E-state index contributed by atoms with van der Waals surface area (Å²) in [5.41, 5.74) is -0.562. The summed E-state index contributed by atoms with van der Waals surface area (Å²) in [7, 11) is 0. The van der Waals surface area contributed by atoms with E-state index < -0.39 is 23.5 Å². The maximum atomic E-state index is 12.1. The van der Waals surface area contributed by atoms with E-state index in [0.29, 0.717) is 0 Å². The Morgan fingerprint density at radius 3 is 2.43 bits per heavy atom. The van der Waals surface area contributed by atoms with Crippen LogP contribution in [-0.2, 0) is 9.53 Å². The van der Waals surface area contributed by atoms with Crippen LogP contribution >= 0.6 is 0 Å². The van der Waals surface area contributed by atoms with Gasteiger partial charge < -0.3 is 15.2 Å². The molecule has 0 aliphatic carbocycles. The molecule has 0 bridgehead atoms. The van der Waals surface area contributed by atoms with Crippen molar-refractivity contribution in [2.75, 3.05) is 0 Å². The Hall–Kier alpha value is -2.11. The van der Waals surface area contributed by atoms with E-state index in [1.807, 2.05) is 0 Å². The van der Waals surface area contributed by atoms with Gasteiger partial charge in [0.05, 0.1) is 11.8 Å². The highest BCUT2D eigenvalue weighted by Gasteiger charge is 2.29. The highest BCUT2D eigenvalue weighted by atomic mass is 16.6. The molecule has 0 saturated heterocycles. The van der Waals surface area contributed by atoms with Crippen molar-refractivity contribution in [2.24, 2.45) is 5.92 Å². The fraction of sp³-hybridized carbons (Fsp3) is 0.533. The number of hydrogen-bond acceptors (Lipinski definition) is 5. The lowest BCUT2D eigenvalue weighted by atomic mass is 10.0. The van der Waals surface area contributed by atoms with Gasteiger partial charge in [0.15, 0.2) is 0 Å². The molecule has 0 aromatic carbocycles. The summed E-state index contributed by atoms with van der Waals surface area (Å²) in [6.07, 6.45) is 2.57. The van der Waals surface area contributed by atoms with E-state index in [4.69, 9.17) is 4.74 Å². The first-order valence-corrected chi connectivity index (χ1v) is 6.78. The van der Waals surface area contributed by atoms with Gasteiger partial charge in [-0.25, -0.2) is 4.79 Å². The minimum atomic E-state index is -0.788. The molecule has 0 aliphatic rings. The Morgan fingerprint density at radius 2 is 1.95 bits per heavy atom. The number of amides is 1. The van der Waals surface area contributed by atoms with Gasteiger partial charge in [0.25, 0.3) is 5.91 Å². The van der Waals surface area contributed by atoms with Gasteiger partial charge in [-0.15, -0.1) is 0 Å². The fourth-order valence-electron chi connectivity index (χ4n) is 1.66. The molecule has 6 nitrogen and oxygen atoms in total. The number of rotatable bonds is 4. The monoisotopic (exact) mass is 294 g/mol. The van der Waals surface area contributed by atoms with Crippen LogP contribution in [-0.4, -0.2) is 33.6 Å². The summed E-state index contributed by atoms with van der Waals surface area (Å²) in [5, 5.41) is 12.2. The second kappa shape index (κ2) is 6.56. The van der Waals surface area contributed by atoms with Crippen molar-refractivity contribution < 1.29 is 19.4 Å². The third kappa shape index (κ3) is 5.06. The molecule has 0 radical (unpaired) electrons. The third-order valence-corrected chi connectivity index (χ3v) is 2.66. The van der Waals surface area contributed by atoms with Crippen molar-refractivity contribution in [3.63, 3.8) is 0 Å². The molecule has 21 heavy (non-hydrogen) atoms. The molecule has 0 spiro atoms. The number of aromatic hydroxyl groups is 1. The standard InChI is InChI=1S/C15H22N2O4/c1-9(2)12(14(20)21-15(3,4)5)17-13(19)10-6-7-16-8-11(10)18/h6-9,12,18H,1-5H3,(H,17,19)/t12-/m0/s1. The van der Waals surface area contributed by atoms with Crippen molar-refractivity contribution >= 4 is 11.9 Å². The molecule has 1 aromatic rings. The molecule has 0 fully saturated rings. The van der Waals surface area contributed by atoms with Gasteiger partial charge in [0.2, 0.25) is 0 Å². The zero-order valence-electron chi connectivity index (χ0n) is 13.0. The Kier molecular flexibility index (Phi) is 5.29. The van der Waals surface area contributed by atoms with Crippen LogP contribution in [0.3, 0.4) is 0 Å². The number of aromatic nitrogens is 1. The molecule has 1 aromatic heterocycles.